The van der Waals surface area contributed by atoms with E-state index in [4.69, 9.17) is 10.5 Å². The van der Waals surface area contributed by atoms with Gasteiger partial charge in [0.1, 0.15) is 0 Å². The second-order valence-electron chi connectivity index (χ2n) is 6.29. The Morgan fingerprint density at radius 1 is 1.29 bits per heavy atom. The maximum atomic E-state index is 12.8. The summed E-state index contributed by atoms with van der Waals surface area (Å²) in [6.45, 7) is 3.63. The molecule has 7 heteroatoms. The molecule has 3 rings (SSSR count). The number of rotatable bonds is 5. The van der Waals surface area contributed by atoms with Crippen LogP contribution in [-0.4, -0.2) is 39.0 Å². The lowest BCUT2D eigenvalue weighted by Gasteiger charge is -2.26. The first-order valence-corrected chi connectivity index (χ1v) is 9.58. The Labute approximate surface area is 150 Å². The van der Waals surface area contributed by atoms with E-state index in [0.29, 0.717) is 37.1 Å². The van der Waals surface area contributed by atoms with E-state index in [9.17, 15) is 8.42 Å². The van der Waals surface area contributed by atoms with Gasteiger partial charge in [0.2, 0.25) is 10.0 Å². The van der Waals surface area contributed by atoms with Crippen molar-refractivity contribution in [1.29, 1.82) is 0 Å². The summed E-state index contributed by atoms with van der Waals surface area (Å²) in [4.78, 5) is 0.333. The lowest BCUT2D eigenvalue weighted by molar-refractivity contribution is 0.0730. The van der Waals surface area contributed by atoms with Crippen molar-refractivity contribution in [3.63, 3.8) is 0 Å². The average molecular weight is 373 g/mol. The van der Waals surface area contributed by atoms with Crippen molar-refractivity contribution in [2.75, 3.05) is 26.3 Å². The minimum Gasteiger partial charge on any atom is -0.379 e. The number of morpholine rings is 1. The van der Waals surface area contributed by atoms with Gasteiger partial charge in [-0.3, -0.25) is 0 Å². The molecule has 2 fully saturated rings. The molecule has 1 aliphatic carbocycles. The molecular formula is C17H25ClN2O3S. The first-order valence-electron chi connectivity index (χ1n) is 8.14. The van der Waals surface area contributed by atoms with Gasteiger partial charge in [-0.15, -0.1) is 12.4 Å². The van der Waals surface area contributed by atoms with Crippen molar-refractivity contribution < 1.29 is 13.2 Å². The summed E-state index contributed by atoms with van der Waals surface area (Å²) in [6.07, 6.45) is 6.62. The summed E-state index contributed by atoms with van der Waals surface area (Å²) in [7, 11) is -3.47. The fraction of sp³-hybridized carbons (Fsp3) is 0.529. The van der Waals surface area contributed by atoms with E-state index in [1.54, 1.807) is 12.1 Å². The van der Waals surface area contributed by atoms with Gasteiger partial charge in [-0.05, 0) is 48.9 Å². The molecule has 0 amide bonds. The fourth-order valence-corrected chi connectivity index (χ4v) is 4.18. The molecule has 2 aliphatic rings. The quantitative estimate of drug-likeness (QED) is 0.862. The molecule has 0 bridgehead atoms. The lowest BCUT2D eigenvalue weighted by Crippen LogP contribution is -2.40. The predicted octanol–water partition coefficient (Wildman–Crippen LogP) is 2.57. The maximum absolute atomic E-state index is 12.8. The number of halogens is 1. The number of sulfonamides is 1. The summed E-state index contributed by atoms with van der Waals surface area (Å²) in [6, 6.07) is 5.12. The molecule has 24 heavy (non-hydrogen) atoms. The van der Waals surface area contributed by atoms with Gasteiger partial charge in [-0.2, -0.15) is 4.31 Å². The zero-order chi connectivity index (χ0) is 16.4. The van der Waals surface area contributed by atoms with Crippen LogP contribution in [0.5, 0.6) is 0 Å². The summed E-state index contributed by atoms with van der Waals surface area (Å²) in [5, 5.41) is 0. The number of benzene rings is 1. The summed E-state index contributed by atoms with van der Waals surface area (Å²) in [5.74, 6) is 0.635. The minimum atomic E-state index is -3.47. The molecule has 5 nitrogen and oxygen atoms in total. The van der Waals surface area contributed by atoms with Gasteiger partial charge in [0.15, 0.2) is 0 Å². The number of allylic oxidation sites excluding steroid dienone is 1. The van der Waals surface area contributed by atoms with E-state index in [2.05, 4.69) is 6.08 Å². The molecule has 0 unspecified atom stereocenters. The Hall–Kier alpha value is -0.920. The molecule has 1 aliphatic heterocycles. The van der Waals surface area contributed by atoms with Gasteiger partial charge in [0.25, 0.3) is 0 Å². The number of nitrogens with zero attached hydrogens (tertiary/aromatic N) is 1. The van der Waals surface area contributed by atoms with E-state index in [1.165, 1.54) is 17.1 Å². The van der Waals surface area contributed by atoms with Crippen LogP contribution < -0.4 is 5.73 Å². The smallest absolute Gasteiger partial charge is 0.243 e. The van der Waals surface area contributed by atoms with Crippen molar-refractivity contribution in [2.24, 2.45) is 11.7 Å². The van der Waals surface area contributed by atoms with Gasteiger partial charge < -0.3 is 10.5 Å². The largest absolute Gasteiger partial charge is 0.379 e. The third-order valence-corrected chi connectivity index (χ3v) is 6.22. The Morgan fingerprint density at radius 2 is 1.96 bits per heavy atom. The number of hydrogen-bond acceptors (Lipinski definition) is 4. The van der Waals surface area contributed by atoms with Crippen LogP contribution in [-0.2, 0) is 14.8 Å². The summed E-state index contributed by atoms with van der Waals surface area (Å²) in [5.41, 5.74) is 7.91. The molecule has 1 aromatic carbocycles. The van der Waals surface area contributed by atoms with Crippen LogP contribution in [0.15, 0.2) is 29.2 Å². The first-order chi connectivity index (χ1) is 11.0. The van der Waals surface area contributed by atoms with Crippen molar-refractivity contribution in [3.8, 4) is 0 Å². The second kappa shape index (κ2) is 7.97. The monoisotopic (exact) mass is 372 g/mol. The molecule has 134 valence electrons. The first kappa shape index (κ1) is 19.4. The molecule has 2 N–H and O–H groups in total. The Morgan fingerprint density at radius 3 is 2.54 bits per heavy atom. The topological polar surface area (TPSA) is 72.6 Å². The normalized spacial score (nSPS) is 20.8. The molecule has 1 atom stereocenters. The van der Waals surface area contributed by atoms with Crippen LogP contribution in [0.2, 0.25) is 0 Å². The van der Waals surface area contributed by atoms with Gasteiger partial charge in [-0.1, -0.05) is 18.2 Å². The van der Waals surface area contributed by atoms with Crippen LogP contribution in [0.3, 0.4) is 0 Å². The van der Waals surface area contributed by atoms with Gasteiger partial charge in [0.05, 0.1) is 18.1 Å². The third kappa shape index (κ3) is 4.37. The highest BCUT2D eigenvalue weighted by atomic mass is 35.5. The standard InChI is InChI=1S/C17H24N2O3S.ClH/c1-13(18)17-7-6-16(12-15(17)5-4-14-2-3-14)23(20,21)19-8-10-22-11-9-19;/h4-7,12-14H,2-3,8-11,18H2,1H3;1H/b5-4+;/t13-;/m1./s1. The highest BCUT2D eigenvalue weighted by molar-refractivity contribution is 7.89. The van der Waals surface area contributed by atoms with E-state index >= 15 is 0 Å². The van der Waals surface area contributed by atoms with Crippen LogP contribution >= 0.6 is 12.4 Å². The highest BCUT2D eigenvalue weighted by Gasteiger charge is 2.27. The number of hydrogen-bond donors (Lipinski definition) is 1. The predicted molar refractivity (Wildman–Crippen MR) is 97.6 cm³/mol. The zero-order valence-corrected chi connectivity index (χ0v) is 15.5. The Kier molecular flexibility index (Phi) is 6.45. The number of nitrogens with two attached hydrogens (primary N) is 1. The van der Waals surface area contributed by atoms with Crippen molar-refractivity contribution in [1.82, 2.24) is 4.31 Å². The summed E-state index contributed by atoms with van der Waals surface area (Å²) < 4.78 is 32.3. The molecular weight excluding hydrogens is 348 g/mol. The van der Waals surface area contributed by atoms with E-state index in [-0.39, 0.29) is 18.4 Å². The van der Waals surface area contributed by atoms with Crippen LogP contribution in [0.25, 0.3) is 6.08 Å². The highest BCUT2D eigenvalue weighted by Crippen LogP contribution is 2.32. The fourth-order valence-electron chi connectivity index (χ4n) is 2.74. The van der Waals surface area contributed by atoms with Crippen LogP contribution in [0, 0.1) is 5.92 Å². The molecule has 0 aromatic heterocycles. The Bertz CT molecular complexity index is 694. The molecule has 1 heterocycles. The van der Waals surface area contributed by atoms with E-state index in [0.717, 1.165) is 11.1 Å². The van der Waals surface area contributed by atoms with Crippen molar-refractivity contribution >= 4 is 28.5 Å². The van der Waals surface area contributed by atoms with Gasteiger partial charge in [-0.25, -0.2) is 8.42 Å². The van der Waals surface area contributed by atoms with Gasteiger partial charge >= 0.3 is 0 Å². The van der Waals surface area contributed by atoms with Gasteiger partial charge in [0, 0.05) is 19.1 Å². The second-order valence-corrected chi connectivity index (χ2v) is 8.23. The molecule has 0 radical (unpaired) electrons. The minimum absolute atomic E-state index is 0. The third-order valence-electron chi connectivity index (χ3n) is 4.33. The van der Waals surface area contributed by atoms with Crippen molar-refractivity contribution in [2.45, 2.75) is 30.7 Å². The van der Waals surface area contributed by atoms with Crippen molar-refractivity contribution in [3.05, 3.63) is 35.4 Å². The van der Waals surface area contributed by atoms with Crippen LogP contribution in [0.1, 0.15) is 36.9 Å². The molecule has 1 saturated heterocycles. The zero-order valence-electron chi connectivity index (χ0n) is 13.8. The Balaban J connectivity index is 0.00000208. The van der Waals surface area contributed by atoms with Crippen LogP contribution in [0.4, 0.5) is 0 Å². The average Bonchev–Trinajstić information content (AvgIpc) is 3.37. The maximum Gasteiger partial charge on any atom is 0.243 e. The molecule has 0 spiro atoms. The van der Waals surface area contributed by atoms with E-state index < -0.39 is 10.0 Å². The summed E-state index contributed by atoms with van der Waals surface area (Å²) >= 11 is 0. The number of ether oxygens (including phenoxy) is 1. The molecule has 1 saturated carbocycles. The lowest BCUT2D eigenvalue weighted by atomic mass is 10.0. The van der Waals surface area contributed by atoms with E-state index in [1.807, 2.05) is 19.1 Å². The SMILES string of the molecule is C[C@@H](N)c1ccc(S(=O)(=O)N2CCOCC2)cc1/C=C/C1CC1.Cl. The molecule has 1 aromatic rings.